The summed E-state index contributed by atoms with van der Waals surface area (Å²) in [5, 5.41) is 18.2. The number of hydrogen-bond acceptors (Lipinski definition) is 3. The average Bonchev–Trinajstić information content (AvgIpc) is 2.67. The van der Waals surface area contributed by atoms with Crippen LogP contribution in [-0.2, 0) is 23.2 Å². The average molecular weight is 266 g/mol. The Morgan fingerprint density at radius 2 is 2.00 bits per heavy atom. The monoisotopic (exact) mass is 266 g/mol. The Labute approximate surface area is 111 Å². The number of carboxylic acid groups (broad SMARTS) is 2. The lowest BCUT2D eigenvalue weighted by Crippen LogP contribution is -2.27. The summed E-state index contributed by atoms with van der Waals surface area (Å²) in [4.78, 5) is 26.4. The molecule has 0 atom stereocenters. The smallest absolute Gasteiger partial charge is 0.356 e. The van der Waals surface area contributed by atoms with Crippen molar-refractivity contribution >= 4 is 11.9 Å². The van der Waals surface area contributed by atoms with Gasteiger partial charge in [0, 0.05) is 12.0 Å². The first-order chi connectivity index (χ1) is 8.83. The predicted molar refractivity (Wildman–Crippen MR) is 67.4 cm³/mol. The van der Waals surface area contributed by atoms with Gasteiger partial charge in [-0.2, -0.15) is 0 Å². The summed E-state index contributed by atoms with van der Waals surface area (Å²) in [6.45, 7) is 4.29. The van der Waals surface area contributed by atoms with Crippen molar-refractivity contribution in [3.63, 3.8) is 0 Å². The minimum Gasteiger partial charge on any atom is -0.481 e. The molecule has 19 heavy (non-hydrogen) atoms. The second-order valence-corrected chi connectivity index (χ2v) is 5.60. The Bertz CT molecular complexity index is 531. The molecule has 0 saturated carbocycles. The lowest BCUT2D eigenvalue weighted by Gasteiger charge is -2.25. The Morgan fingerprint density at radius 3 is 2.58 bits per heavy atom. The number of imidazole rings is 1. The van der Waals surface area contributed by atoms with Crippen LogP contribution in [0.15, 0.2) is 0 Å². The van der Waals surface area contributed by atoms with Gasteiger partial charge in [-0.25, -0.2) is 9.78 Å². The van der Waals surface area contributed by atoms with Gasteiger partial charge in [0.2, 0.25) is 0 Å². The van der Waals surface area contributed by atoms with E-state index in [0.29, 0.717) is 18.8 Å². The van der Waals surface area contributed by atoms with Crippen LogP contribution in [0, 0.1) is 0 Å². The summed E-state index contributed by atoms with van der Waals surface area (Å²) in [5.74, 6) is -1.37. The maximum atomic E-state index is 11.2. The van der Waals surface area contributed by atoms with E-state index < -0.39 is 17.4 Å². The van der Waals surface area contributed by atoms with E-state index in [4.69, 9.17) is 5.11 Å². The summed E-state index contributed by atoms with van der Waals surface area (Å²) in [7, 11) is 0. The molecule has 0 unspecified atom stereocenters. The molecule has 0 spiro atoms. The van der Waals surface area contributed by atoms with E-state index in [-0.39, 0.29) is 12.1 Å². The van der Waals surface area contributed by atoms with Crippen molar-refractivity contribution in [1.82, 2.24) is 9.55 Å². The molecule has 1 aromatic rings. The number of aromatic carboxylic acids is 1. The Morgan fingerprint density at radius 1 is 1.32 bits per heavy atom. The molecular formula is C13H18N2O4. The first-order valence-corrected chi connectivity index (χ1v) is 6.38. The van der Waals surface area contributed by atoms with Gasteiger partial charge in [-0.1, -0.05) is 13.8 Å². The quantitative estimate of drug-likeness (QED) is 0.864. The molecule has 0 saturated heterocycles. The zero-order valence-corrected chi connectivity index (χ0v) is 11.1. The molecule has 0 radical (unpaired) electrons. The highest BCUT2D eigenvalue weighted by atomic mass is 16.4. The number of aromatic nitrogens is 2. The van der Waals surface area contributed by atoms with E-state index >= 15 is 0 Å². The molecule has 0 amide bonds. The van der Waals surface area contributed by atoms with Gasteiger partial charge in [-0.15, -0.1) is 0 Å². The molecule has 104 valence electrons. The zero-order chi connectivity index (χ0) is 14.2. The van der Waals surface area contributed by atoms with E-state index in [1.165, 1.54) is 0 Å². The van der Waals surface area contributed by atoms with Crippen molar-refractivity contribution in [2.24, 2.45) is 0 Å². The van der Waals surface area contributed by atoms with Gasteiger partial charge < -0.3 is 14.8 Å². The third-order valence-electron chi connectivity index (χ3n) is 3.52. The van der Waals surface area contributed by atoms with Gasteiger partial charge in [0.25, 0.3) is 0 Å². The number of carbonyl (C=O) groups is 2. The molecule has 0 fully saturated rings. The SMILES string of the molecule is CC(C)(CC(=O)O)c1nc(C(=O)O)c2n1CCCC2. The van der Waals surface area contributed by atoms with E-state index in [0.717, 1.165) is 18.5 Å². The van der Waals surface area contributed by atoms with Gasteiger partial charge in [-0.05, 0) is 19.3 Å². The van der Waals surface area contributed by atoms with E-state index in [1.54, 1.807) is 13.8 Å². The van der Waals surface area contributed by atoms with Crippen molar-refractivity contribution < 1.29 is 19.8 Å². The van der Waals surface area contributed by atoms with Crippen molar-refractivity contribution in [2.75, 3.05) is 0 Å². The molecule has 0 bridgehead atoms. The summed E-state index contributed by atoms with van der Waals surface area (Å²) in [5.41, 5.74) is 0.131. The molecule has 1 aliphatic rings. The van der Waals surface area contributed by atoms with Crippen molar-refractivity contribution in [2.45, 2.75) is 51.5 Å². The molecular weight excluding hydrogens is 248 g/mol. The maximum Gasteiger partial charge on any atom is 0.356 e. The number of nitrogens with zero attached hydrogens (tertiary/aromatic N) is 2. The first-order valence-electron chi connectivity index (χ1n) is 6.38. The van der Waals surface area contributed by atoms with E-state index in [2.05, 4.69) is 4.98 Å². The van der Waals surface area contributed by atoms with E-state index in [1.807, 2.05) is 4.57 Å². The highest BCUT2D eigenvalue weighted by Gasteiger charge is 2.34. The van der Waals surface area contributed by atoms with Gasteiger partial charge in [0.05, 0.1) is 12.1 Å². The molecule has 0 aromatic carbocycles. The lowest BCUT2D eigenvalue weighted by molar-refractivity contribution is -0.138. The second-order valence-electron chi connectivity index (χ2n) is 5.60. The van der Waals surface area contributed by atoms with Crippen LogP contribution in [0.5, 0.6) is 0 Å². The number of rotatable bonds is 4. The lowest BCUT2D eigenvalue weighted by atomic mass is 9.88. The molecule has 1 aliphatic heterocycles. The third kappa shape index (κ3) is 2.47. The molecule has 2 N–H and O–H groups in total. The summed E-state index contributed by atoms with van der Waals surface area (Å²) in [6, 6.07) is 0. The Hall–Kier alpha value is -1.85. The molecule has 2 heterocycles. The number of aliphatic carboxylic acids is 1. The Kier molecular flexibility index (Phi) is 3.34. The van der Waals surface area contributed by atoms with Crippen molar-refractivity contribution in [3.05, 3.63) is 17.2 Å². The minimum atomic E-state index is -1.04. The van der Waals surface area contributed by atoms with Gasteiger partial charge in [-0.3, -0.25) is 4.79 Å². The number of fused-ring (bicyclic) bond motifs is 1. The van der Waals surface area contributed by atoms with Crippen LogP contribution in [0.1, 0.15) is 55.1 Å². The third-order valence-corrected chi connectivity index (χ3v) is 3.52. The fourth-order valence-electron chi connectivity index (χ4n) is 2.69. The van der Waals surface area contributed by atoms with Crippen molar-refractivity contribution in [3.8, 4) is 0 Å². The van der Waals surface area contributed by atoms with Crippen LogP contribution in [-0.4, -0.2) is 31.7 Å². The fourth-order valence-corrected chi connectivity index (χ4v) is 2.69. The number of hydrogen-bond donors (Lipinski definition) is 2. The second kappa shape index (κ2) is 4.68. The van der Waals surface area contributed by atoms with Gasteiger partial charge in [0.1, 0.15) is 5.82 Å². The number of carboxylic acids is 2. The summed E-state index contributed by atoms with van der Waals surface area (Å²) < 4.78 is 1.90. The molecule has 0 aliphatic carbocycles. The van der Waals surface area contributed by atoms with Gasteiger partial charge in [0.15, 0.2) is 5.69 Å². The van der Waals surface area contributed by atoms with E-state index in [9.17, 15) is 14.7 Å². The molecule has 6 nitrogen and oxygen atoms in total. The largest absolute Gasteiger partial charge is 0.481 e. The van der Waals surface area contributed by atoms with Crippen LogP contribution in [0.3, 0.4) is 0 Å². The molecule has 1 aromatic heterocycles. The molecule has 6 heteroatoms. The maximum absolute atomic E-state index is 11.2. The van der Waals surface area contributed by atoms with Crippen molar-refractivity contribution in [1.29, 1.82) is 0 Å². The van der Waals surface area contributed by atoms with Crippen LogP contribution >= 0.6 is 0 Å². The topological polar surface area (TPSA) is 92.4 Å². The summed E-state index contributed by atoms with van der Waals surface area (Å²) >= 11 is 0. The van der Waals surface area contributed by atoms with Crippen LogP contribution in [0.25, 0.3) is 0 Å². The minimum absolute atomic E-state index is 0.0670. The standard InChI is InChI=1S/C13H18N2O4/c1-13(2,7-9(16)17)12-14-10(11(18)19)8-5-3-4-6-15(8)12/h3-7H2,1-2H3,(H,16,17)(H,18,19). The van der Waals surface area contributed by atoms with Crippen LogP contribution in [0.2, 0.25) is 0 Å². The predicted octanol–water partition coefficient (Wildman–Crippen LogP) is 1.67. The molecule has 2 rings (SSSR count). The highest BCUT2D eigenvalue weighted by molar-refractivity contribution is 5.87. The van der Waals surface area contributed by atoms with Crippen LogP contribution < -0.4 is 0 Å². The summed E-state index contributed by atoms with van der Waals surface area (Å²) in [6.07, 6.45) is 2.55. The Balaban J connectivity index is 2.51. The van der Waals surface area contributed by atoms with Crippen LogP contribution in [0.4, 0.5) is 0 Å². The highest BCUT2D eigenvalue weighted by Crippen LogP contribution is 2.31. The zero-order valence-electron chi connectivity index (χ0n) is 11.1. The van der Waals surface area contributed by atoms with Gasteiger partial charge >= 0.3 is 11.9 Å². The fraction of sp³-hybridized carbons (Fsp3) is 0.615. The first kappa shape index (κ1) is 13.6. The normalized spacial score (nSPS) is 15.1.